The summed E-state index contributed by atoms with van der Waals surface area (Å²) in [7, 11) is 0. The van der Waals surface area contributed by atoms with Gasteiger partial charge in [-0.15, -0.1) is 0 Å². The molecule has 0 saturated heterocycles. The fourth-order valence-corrected chi connectivity index (χ4v) is 2.14. The summed E-state index contributed by atoms with van der Waals surface area (Å²) in [5.41, 5.74) is 0.848. The van der Waals surface area contributed by atoms with Gasteiger partial charge in [-0.2, -0.15) is 0 Å². The molecule has 0 bridgehead atoms. The van der Waals surface area contributed by atoms with E-state index in [2.05, 4.69) is 20.9 Å². The van der Waals surface area contributed by atoms with Crippen molar-refractivity contribution in [2.75, 3.05) is 5.33 Å². The number of nitrogens with one attached hydrogen (secondary N) is 1. The van der Waals surface area contributed by atoms with E-state index in [1.807, 2.05) is 0 Å². The second-order valence-electron chi connectivity index (χ2n) is 3.73. The van der Waals surface area contributed by atoms with Gasteiger partial charge in [0, 0.05) is 11.0 Å². The molecule has 94 valence electrons. The van der Waals surface area contributed by atoms with Gasteiger partial charge in [-0.1, -0.05) is 15.9 Å². The molecule has 1 aromatic rings. The molecule has 0 aliphatic heterocycles. The Hall–Kier alpha value is -1.30. The highest BCUT2D eigenvalue weighted by Crippen LogP contribution is 2.20. The van der Waals surface area contributed by atoms with Crippen LogP contribution in [0, 0.1) is 6.92 Å². The number of alkyl halides is 1. The summed E-state index contributed by atoms with van der Waals surface area (Å²) in [6, 6.07) is 0. The molecule has 6 heteroatoms. The Morgan fingerprint density at radius 3 is 2.35 bits per heavy atom. The minimum atomic E-state index is -1.13. The molecule has 0 aliphatic carbocycles. The zero-order valence-corrected chi connectivity index (χ0v) is 11.0. The van der Waals surface area contributed by atoms with Crippen molar-refractivity contribution in [3.05, 3.63) is 22.5 Å². The molecule has 17 heavy (non-hydrogen) atoms. The SMILES string of the molecule is Cc1c(C(=O)O)[nH]c(CCCCBr)c1C(=O)O. The lowest BCUT2D eigenvalue weighted by Crippen LogP contribution is -2.02. The number of aromatic nitrogens is 1. The molecule has 0 unspecified atom stereocenters. The van der Waals surface area contributed by atoms with Crippen LogP contribution >= 0.6 is 15.9 Å². The Morgan fingerprint density at radius 2 is 1.88 bits per heavy atom. The smallest absolute Gasteiger partial charge is 0.352 e. The maximum Gasteiger partial charge on any atom is 0.352 e. The molecule has 3 N–H and O–H groups in total. The summed E-state index contributed by atoms with van der Waals surface area (Å²) in [5.74, 6) is -2.21. The van der Waals surface area contributed by atoms with Crippen LogP contribution in [-0.2, 0) is 6.42 Å². The number of carbonyl (C=O) groups is 2. The zero-order valence-electron chi connectivity index (χ0n) is 9.42. The number of aromatic amines is 1. The Bertz CT molecular complexity index is 439. The van der Waals surface area contributed by atoms with Gasteiger partial charge in [0.1, 0.15) is 5.69 Å². The molecule has 0 radical (unpaired) electrons. The third-order valence-electron chi connectivity index (χ3n) is 2.57. The number of aryl methyl sites for hydroxylation is 1. The highest BCUT2D eigenvalue weighted by molar-refractivity contribution is 9.09. The number of rotatable bonds is 6. The number of halogens is 1. The van der Waals surface area contributed by atoms with Gasteiger partial charge in [-0.25, -0.2) is 9.59 Å². The largest absolute Gasteiger partial charge is 0.478 e. The zero-order chi connectivity index (χ0) is 13.0. The quantitative estimate of drug-likeness (QED) is 0.556. The predicted molar refractivity (Wildman–Crippen MR) is 66.2 cm³/mol. The van der Waals surface area contributed by atoms with E-state index < -0.39 is 11.9 Å². The molecule has 1 aromatic heterocycles. The van der Waals surface area contributed by atoms with Crippen molar-refractivity contribution in [3.8, 4) is 0 Å². The second-order valence-corrected chi connectivity index (χ2v) is 4.53. The number of aromatic carboxylic acids is 2. The van der Waals surface area contributed by atoms with Gasteiger partial charge in [0.15, 0.2) is 0 Å². The van der Waals surface area contributed by atoms with Crippen molar-refractivity contribution >= 4 is 27.9 Å². The maximum atomic E-state index is 11.1. The fraction of sp³-hybridized carbons (Fsp3) is 0.455. The van der Waals surface area contributed by atoms with E-state index in [9.17, 15) is 9.59 Å². The van der Waals surface area contributed by atoms with Crippen LogP contribution in [0.15, 0.2) is 0 Å². The number of carboxylic acids is 2. The van der Waals surface area contributed by atoms with E-state index in [0.29, 0.717) is 17.7 Å². The predicted octanol–water partition coefficient (Wildman–Crippen LogP) is 2.44. The monoisotopic (exact) mass is 303 g/mol. The number of unbranched alkanes of at least 4 members (excludes halogenated alkanes) is 1. The number of hydrogen-bond donors (Lipinski definition) is 3. The molecule has 0 fully saturated rings. The van der Waals surface area contributed by atoms with Gasteiger partial charge >= 0.3 is 11.9 Å². The van der Waals surface area contributed by atoms with E-state index in [4.69, 9.17) is 10.2 Å². The van der Waals surface area contributed by atoms with E-state index in [-0.39, 0.29) is 11.3 Å². The van der Waals surface area contributed by atoms with Crippen molar-refractivity contribution in [2.45, 2.75) is 26.2 Å². The Labute approximate surface area is 107 Å². The third kappa shape index (κ3) is 3.09. The first-order valence-corrected chi connectivity index (χ1v) is 6.35. The molecule has 0 aliphatic rings. The lowest BCUT2D eigenvalue weighted by molar-refractivity contribution is 0.0687. The summed E-state index contributed by atoms with van der Waals surface area (Å²) in [6.45, 7) is 1.51. The maximum absolute atomic E-state index is 11.1. The van der Waals surface area contributed by atoms with Gasteiger partial charge in [0.25, 0.3) is 0 Å². The average molecular weight is 304 g/mol. The first kappa shape index (κ1) is 13.8. The molecular formula is C11H14BrNO4. The minimum Gasteiger partial charge on any atom is -0.478 e. The number of H-pyrrole nitrogens is 1. The van der Waals surface area contributed by atoms with Crippen LogP contribution in [0.1, 0.15) is 44.9 Å². The lowest BCUT2D eigenvalue weighted by atomic mass is 10.1. The number of hydrogen-bond acceptors (Lipinski definition) is 2. The Morgan fingerprint density at radius 1 is 1.24 bits per heavy atom. The molecule has 5 nitrogen and oxygen atoms in total. The summed E-state index contributed by atoms with van der Waals surface area (Å²) in [5, 5.41) is 18.8. The van der Waals surface area contributed by atoms with Gasteiger partial charge in [0.05, 0.1) is 5.56 Å². The normalized spacial score (nSPS) is 10.5. The van der Waals surface area contributed by atoms with E-state index in [0.717, 1.165) is 18.2 Å². The highest BCUT2D eigenvalue weighted by atomic mass is 79.9. The van der Waals surface area contributed by atoms with Crippen LogP contribution in [0.3, 0.4) is 0 Å². The first-order chi connectivity index (χ1) is 7.99. The fourth-order valence-electron chi connectivity index (χ4n) is 1.75. The van der Waals surface area contributed by atoms with Crippen LogP contribution < -0.4 is 0 Å². The molecule has 0 spiro atoms. The lowest BCUT2D eigenvalue weighted by Gasteiger charge is -1.99. The van der Waals surface area contributed by atoms with Crippen molar-refractivity contribution in [2.24, 2.45) is 0 Å². The molecule has 0 aromatic carbocycles. The van der Waals surface area contributed by atoms with Gasteiger partial charge < -0.3 is 15.2 Å². The van der Waals surface area contributed by atoms with Crippen LogP contribution in [0.5, 0.6) is 0 Å². The van der Waals surface area contributed by atoms with Crippen molar-refractivity contribution in [1.82, 2.24) is 4.98 Å². The van der Waals surface area contributed by atoms with Crippen LogP contribution in [-0.4, -0.2) is 32.5 Å². The third-order valence-corrected chi connectivity index (χ3v) is 3.13. The molecule has 1 heterocycles. The topological polar surface area (TPSA) is 90.4 Å². The Kier molecular flexibility index (Phi) is 4.74. The molecule has 0 atom stereocenters. The highest BCUT2D eigenvalue weighted by Gasteiger charge is 2.22. The van der Waals surface area contributed by atoms with Crippen LogP contribution in [0.25, 0.3) is 0 Å². The van der Waals surface area contributed by atoms with E-state index in [1.165, 1.54) is 6.92 Å². The van der Waals surface area contributed by atoms with Gasteiger partial charge in [-0.3, -0.25) is 0 Å². The second kappa shape index (κ2) is 5.86. The summed E-state index contributed by atoms with van der Waals surface area (Å²) >= 11 is 3.29. The van der Waals surface area contributed by atoms with Gasteiger partial charge in [0.2, 0.25) is 0 Å². The van der Waals surface area contributed by atoms with E-state index >= 15 is 0 Å². The van der Waals surface area contributed by atoms with Crippen LogP contribution in [0.2, 0.25) is 0 Å². The van der Waals surface area contributed by atoms with Crippen molar-refractivity contribution in [1.29, 1.82) is 0 Å². The molecular weight excluding hydrogens is 290 g/mol. The molecule has 1 rings (SSSR count). The van der Waals surface area contributed by atoms with Crippen molar-refractivity contribution in [3.63, 3.8) is 0 Å². The Balaban J connectivity index is 3.06. The molecule has 0 amide bonds. The van der Waals surface area contributed by atoms with Crippen molar-refractivity contribution < 1.29 is 19.8 Å². The summed E-state index contributed by atoms with van der Waals surface area (Å²) in [4.78, 5) is 24.7. The van der Waals surface area contributed by atoms with Crippen LogP contribution in [0.4, 0.5) is 0 Å². The molecule has 0 saturated carbocycles. The standard InChI is InChI=1S/C11H14BrNO4/c1-6-8(10(14)15)7(4-2-3-5-12)13-9(6)11(16)17/h13H,2-5H2,1H3,(H,14,15)(H,16,17). The summed E-state index contributed by atoms with van der Waals surface area (Å²) in [6.07, 6.45) is 2.27. The summed E-state index contributed by atoms with van der Waals surface area (Å²) < 4.78 is 0. The first-order valence-electron chi connectivity index (χ1n) is 5.23. The minimum absolute atomic E-state index is 0.0313. The number of carboxylic acid groups (broad SMARTS) is 2. The average Bonchev–Trinajstić information content (AvgIpc) is 2.56. The van der Waals surface area contributed by atoms with E-state index in [1.54, 1.807) is 0 Å². The van der Waals surface area contributed by atoms with Gasteiger partial charge in [-0.05, 0) is 31.7 Å².